The third kappa shape index (κ3) is 2.20. The van der Waals surface area contributed by atoms with Crippen LogP contribution < -0.4 is 11.3 Å². The summed E-state index contributed by atoms with van der Waals surface area (Å²) in [7, 11) is 0. The molecule has 4 nitrogen and oxygen atoms in total. The van der Waals surface area contributed by atoms with Crippen LogP contribution >= 0.6 is 15.9 Å². The molecule has 1 aromatic heterocycles. The van der Waals surface area contributed by atoms with Crippen molar-refractivity contribution in [2.75, 3.05) is 0 Å². The summed E-state index contributed by atoms with van der Waals surface area (Å²) in [6.45, 7) is 0.216. The summed E-state index contributed by atoms with van der Waals surface area (Å²) in [5.74, 6) is 0.484. The van der Waals surface area contributed by atoms with Gasteiger partial charge in [0, 0.05) is 16.1 Å². The fourth-order valence-electron chi connectivity index (χ4n) is 1.41. The Kier molecular flexibility index (Phi) is 3.17. The Morgan fingerprint density at radius 1 is 1.38 bits per heavy atom. The second-order valence-electron chi connectivity index (χ2n) is 3.26. The van der Waals surface area contributed by atoms with Crippen LogP contribution in [0.2, 0.25) is 0 Å². The minimum Gasteiger partial charge on any atom is -0.324 e. The van der Waals surface area contributed by atoms with Gasteiger partial charge in [0.25, 0.3) is 5.56 Å². The maximum atomic E-state index is 11.4. The number of rotatable bonds is 2. The smallest absolute Gasteiger partial charge is 0.251 e. The zero-order chi connectivity index (χ0) is 11.5. The minimum absolute atomic E-state index is 0.193. The highest BCUT2D eigenvalue weighted by Gasteiger charge is 2.05. The molecule has 0 aliphatic rings. The first-order valence-electron chi connectivity index (χ1n) is 4.76. The summed E-state index contributed by atoms with van der Waals surface area (Å²) >= 11 is 3.42. The first kappa shape index (κ1) is 11.0. The van der Waals surface area contributed by atoms with E-state index < -0.39 is 0 Å². The number of benzene rings is 1. The molecule has 0 spiro atoms. The van der Waals surface area contributed by atoms with Gasteiger partial charge < -0.3 is 10.7 Å². The fraction of sp³-hybridized carbons (Fsp3) is 0.0909. The molecule has 82 valence electrons. The molecule has 0 amide bonds. The van der Waals surface area contributed by atoms with Gasteiger partial charge >= 0.3 is 0 Å². The van der Waals surface area contributed by atoms with Gasteiger partial charge in [-0.2, -0.15) is 0 Å². The molecule has 0 aliphatic carbocycles. The summed E-state index contributed by atoms with van der Waals surface area (Å²) in [5.41, 5.74) is 6.77. The van der Waals surface area contributed by atoms with Crippen LogP contribution in [-0.4, -0.2) is 9.97 Å². The van der Waals surface area contributed by atoms with Gasteiger partial charge in [-0.15, -0.1) is 0 Å². The van der Waals surface area contributed by atoms with Crippen molar-refractivity contribution in [3.05, 3.63) is 51.0 Å². The molecule has 0 radical (unpaired) electrons. The van der Waals surface area contributed by atoms with Crippen molar-refractivity contribution >= 4 is 15.9 Å². The van der Waals surface area contributed by atoms with Crippen molar-refractivity contribution in [1.82, 2.24) is 9.97 Å². The first-order chi connectivity index (χ1) is 7.70. The predicted molar refractivity (Wildman–Crippen MR) is 65.9 cm³/mol. The number of aromatic nitrogens is 2. The number of nitrogens with zero attached hydrogens (tertiary/aromatic N) is 1. The standard InChI is InChI=1S/C11H10BrN3O/c12-8-4-2-1-3-7(8)9-5-11(16)15-10(6-13)14-9/h1-5H,6,13H2,(H,14,15,16). The van der Waals surface area contributed by atoms with Crippen molar-refractivity contribution < 1.29 is 0 Å². The van der Waals surface area contributed by atoms with Crippen molar-refractivity contribution in [3.63, 3.8) is 0 Å². The highest BCUT2D eigenvalue weighted by Crippen LogP contribution is 2.25. The molecule has 2 aromatic rings. The number of H-pyrrole nitrogens is 1. The zero-order valence-electron chi connectivity index (χ0n) is 8.40. The molecule has 3 N–H and O–H groups in total. The Hall–Kier alpha value is -1.46. The van der Waals surface area contributed by atoms with E-state index >= 15 is 0 Å². The largest absolute Gasteiger partial charge is 0.324 e. The van der Waals surface area contributed by atoms with Crippen molar-refractivity contribution in [3.8, 4) is 11.3 Å². The molecular weight excluding hydrogens is 270 g/mol. The maximum absolute atomic E-state index is 11.4. The number of aromatic amines is 1. The van der Waals surface area contributed by atoms with Crippen LogP contribution in [0.4, 0.5) is 0 Å². The zero-order valence-corrected chi connectivity index (χ0v) is 9.99. The predicted octanol–water partition coefficient (Wildman–Crippen LogP) is 1.66. The molecule has 1 heterocycles. The third-order valence-electron chi connectivity index (χ3n) is 2.13. The van der Waals surface area contributed by atoms with Gasteiger partial charge in [0.05, 0.1) is 12.2 Å². The summed E-state index contributed by atoms with van der Waals surface area (Å²) < 4.78 is 0.899. The van der Waals surface area contributed by atoms with Crippen LogP contribution in [-0.2, 0) is 6.54 Å². The Morgan fingerprint density at radius 3 is 2.81 bits per heavy atom. The third-order valence-corrected chi connectivity index (χ3v) is 2.83. The van der Waals surface area contributed by atoms with E-state index in [1.807, 2.05) is 24.3 Å². The van der Waals surface area contributed by atoms with E-state index in [1.165, 1.54) is 6.07 Å². The van der Waals surface area contributed by atoms with E-state index in [4.69, 9.17) is 5.73 Å². The van der Waals surface area contributed by atoms with Gasteiger partial charge in [0.1, 0.15) is 5.82 Å². The van der Waals surface area contributed by atoms with E-state index in [-0.39, 0.29) is 12.1 Å². The number of hydrogen-bond acceptors (Lipinski definition) is 3. The van der Waals surface area contributed by atoms with Crippen molar-refractivity contribution in [1.29, 1.82) is 0 Å². The average molecular weight is 280 g/mol. The monoisotopic (exact) mass is 279 g/mol. The van der Waals surface area contributed by atoms with E-state index in [1.54, 1.807) is 0 Å². The fourth-order valence-corrected chi connectivity index (χ4v) is 1.90. The van der Waals surface area contributed by atoms with Gasteiger partial charge in [-0.05, 0) is 6.07 Å². The Labute approximate surface area is 101 Å². The van der Waals surface area contributed by atoms with E-state index in [0.29, 0.717) is 11.5 Å². The summed E-state index contributed by atoms with van der Waals surface area (Å²) in [4.78, 5) is 18.2. The van der Waals surface area contributed by atoms with Crippen LogP contribution in [0.15, 0.2) is 39.6 Å². The van der Waals surface area contributed by atoms with E-state index in [0.717, 1.165) is 10.0 Å². The molecule has 5 heteroatoms. The highest BCUT2D eigenvalue weighted by molar-refractivity contribution is 9.10. The molecule has 0 bridgehead atoms. The maximum Gasteiger partial charge on any atom is 0.251 e. The SMILES string of the molecule is NCc1nc(-c2ccccc2Br)cc(=O)[nH]1. The van der Waals surface area contributed by atoms with E-state index in [9.17, 15) is 4.79 Å². The Balaban J connectivity index is 2.60. The highest BCUT2D eigenvalue weighted by atomic mass is 79.9. The second-order valence-corrected chi connectivity index (χ2v) is 4.12. The lowest BCUT2D eigenvalue weighted by atomic mass is 10.1. The summed E-state index contributed by atoms with van der Waals surface area (Å²) in [6.07, 6.45) is 0. The van der Waals surface area contributed by atoms with Gasteiger partial charge in [-0.3, -0.25) is 4.79 Å². The number of nitrogens with one attached hydrogen (secondary N) is 1. The molecule has 0 fully saturated rings. The van der Waals surface area contributed by atoms with Gasteiger partial charge in [-0.25, -0.2) is 4.98 Å². The topological polar surface area (TPSA) is 71.8 Å². The van der Waals surface area contributed by atoms with Crippen LogP contribution in [0.1, 0.15) is 5.82 Å². The first-order valence-corrected chi connectivity index (χ1v) is 5.55. The number of halogens is 1. The van der Waals surface area contributed by atoms with Gasteiger partial charge in [0.2, 0.25) is 0 Å². The number of nitrogens with two attached hydrogens (primary N) is 1. The molecule has 2 rings (SSSR count). The lowest BCUT2D eigenvalue weighted by molar-refractivity contribution is 0.896. The Bertz CT molecular complexity index is 565. The molecule has 16 heavy (non-hydrogen) atoms. The van der Waals surface area contributed by atoms with Crippen molar-refractivity contribution in [2.24, 2.45) is 5.73 Å². The normalized spacial score (nSPS) is 10.4. The van der Waals surface area contributed by atoms with Crippen LogP contribution in [0.25, 0.3) is 11.3 Å². The molecule has 0 aliphatic heterocycles. The molecule has 0 saturated carbocycles. The average Bonchev–Trinajstić information content (AvgIpc) is 2.28. The second kappa shape index (κ2) is 4.59. The quantitative estimate of drug-likeness (QED) is 0.878. The van der Waals surface area contributed by atoms with Crippen LogP contribution in [0.5, 0.6) is 0 Å². The molecule has 0 unspecified atom stereocenters. The van der Waals surface area contributed by atoms with E-state index in [2.05, 4.69) is 25.9 Å². The summed E-state index contributed by atoms with van der Waals surface area (Å²) in [6, 6.07) is 9.06. The molecule has 1 aromatic carbocycles. The lowest BCUT2D eigenvalue weighted by Gasteiger charge is -2.04. The molecular formula is C11H10BrN3O. The molecule has 0 saturated heterocycles. The van der Waals surface area contributed by atoms with Gasteiger partial charge in [0.15, 0.2) is 0 Å². The van der Waals surface area contributed by atoms with Crippen LogP contribution in [0.3, 0.4) is 0 Å². The minimum atomic E-state index is -0.193. The number of hydrogen-bond donors (Lipinski definition) is 2. The summed E-state index contributed by atoms with van der Waals surface area (Å²) in [5, 5.41) is 0. The van der Waals surface area contributed by atoms with Crippen LogP contribution in [0, 0.1) is 0 Å². The lowest BCUT2D eigenvalue weighted by Crippen LogP contribution is -2.14. The molecule has 0 atom stereocenters. The van der Waals surface area contributed by atoms with Crippen molar-refractivity contribution in [2.45, 2.75) is 6.54 Å². The van der Waals surface area contributed by atoms with Gasteiger partial charge in [-0.1, -0.05) is 34.1 Å². The Morgan fingerprint density at radius 2 is 2.12 bits per heavy atom.